The Morgan fingerprint density at radius 3 is 0.608 bits per heavy atom. The highest BCUT2D eigenvalue weighted by atomic mass is 16.7. The lowest BCUT2D eigenvalue weighted by Crippen LogP contribution is -2.22. The summed E-state index contributed by atoms with van der Waals surface area (Å²) >= 11 is 0. The molecule has 0 fully saturated rings. The van der Waals surface area contributed by atoms with Crippen molar-refractivity contribution in [1.29, 1.82) is 0 Å². The zero-order valence-electron chi connectivity index (χ0n) is 62.0. The number of aliphatic imine (C=N–C) groups is 3. The van der Waals surface area contributed by atoms with Crippen LogP contribution in [0, 0.1) is 48.7 Å². The number of hydrogen-bond acceptors (Lipinski definition) is 11. The van der Waals surface area contributed by atoms with Crippen molar-refractivity contribution >= 4 is 42.0 Å². The number of oxime groups is 4. The maximum Gasteiger partial charge on any atom is 0.129 e. The lowest BCUT2D eigenvalue weighted by molar-refractivity contribution is -0.000860. The van der Waals surface area contributed by atoms with Crippen LogP contribution >= 0.6 is 0 Å². The maximum atomic E-state index is 5.31. The fourth-order valence-electron chi connectivity index (χ4n) is 3.23. The third-order valence-electron chi connectivity index (χ3n) is 8.29. The van der Waals surface area contributed by atoms with Crippen LogP contribution in [0.15, 0.2) is 35.6 Å². The molecule has 11 nitrogen and oxygen atoms in total. The zero-order chi connectivity index (χ0) is 65.8. The van der Waals surface area contributed by atoms with Gasteiger partial charge >= 0.3 is 0 Å². The predicted octanol–water partition coefficient (Wildman–Crippen LogP) is 21.7. The van der Waals surface area contributed by atoms with E-state index in [1.165, 1.54) is 5.71 Å². The molecule has 0 saturated carbocycles. The van der Waals surface area contributed by atoms with Crippen molar-refractivity contribution in [2.45, 2.75) is 340 Å². The lowest BCUT2D eigenvalue weighted by atomic mass is 9.90. The van der Waals surface area contributed by atoms with Crippen molar-refractivity contribution in [2.24, 2.45) is 84.3 Å². The summed E-state index contributed by atoms with van der Waals surface area (Å²) in [4.78, 5) is 34.3. The molecule has 0 unspecified atom stereocenters. The van der Waals surface area contributed by atoms with E-state index in [-0.39, 0.29) is 65.8 Å². The average molecular weight is 1120 g/mol. The highest BCUT2D eigenvalue weighted by Crippen LogP contribution is 2.22. The fourth-order valence-corrected chi connectivity index (χ4v) is 3.23. The van der Waals surface area contributed by atoms with E-state index in [2.05, 4.69) is 250 Å². The van der Waals surface area contributed by atoms with Crippen LogP contribution in [0.25, 0.3) is 0 Å². The SMILES string of the molecule is C/C(=N\OC(C)(C)C)C(C)(C)C.C/C(=N\OC(C)(C)C)C(C)(C)C.CC(=NC(C)(C)C)C(C)(C)C.CC(C)(C)/C=N/OC(C)(C)C.CC(C)(C)/C=N/OC(C)(C)C.CC(C)(C)C=NCC(C)(C)C.CC(C)(C)C=NCC(C)(C)C. The Balaban J connectivity index is -0.000000153. The maximum absolute atomic E-state index is 5.31. The molecule has 0 rings (SSSR count). The number of nitrogens with zero attached hydrogens (tertiary/aromatic N) is 7. The van der Waals surface area contributed by atoms with Crippen LogP contribution in [-0.4, -0.2) is 83.0 Å². The Kier molecular flexibility index (Phi) is 40.6. The Labute approximate surface area is 496 Å². The summed E-state index contributed by atoms with van der Waals surface area (Å²) in [5.74, 6) is 0. The summed E-state index contributed by atoms with van der Waals surface area (Å²) in [7, 11) is 0. The second-order valence-electron chi connectivity index (χ2n) is 35.8. The van der Waals surface area contributed by atoms with Gasteiger partial charge < -0.3 is 19.4 Å². The summed E-state index contributed by atoms with van der Waals surface area (Å²) in [5, 5.41) is 15.9. The second kappa shape index (κ2) is 35.8. The minimum absolute atomic E-state index is 0.0668. The van der Waals surface area contributed by atoms with Crippen molar-refractivity contribution < 1.29 is 19.4 Å². The zero-order valence-corrected chi connectivity index (χ0v) is 62.0. The summed E-state index contributed by atoms with van der Waals surface area (Å²) < 4.78 is 0. The van der Waals surface area contributed by atoms with Gasteiger partial charge in [0.1, 0.15) is 22.4 Å². The van der Waals surface area contributed by atoms with Gasteiger partial charge in [-0.3, -0.25) is 15.0 Å². The molecule has 0 spiro atoms. The molecule has 0 amide bonds. The first-order chi connectivity index (χ1) is 33.7. The lowest BCUT2D eigenvalue weighted by Gasteiger charge is -2.22. The minimum atomic E-state index is -0.188. The average Bonchev–Trinajstić information content (AvgIpc) is 3.07. The van der Waals surface area contributed by atoms with Gasteiger partial charge in [0.05, 0.1) is 17.0 Å². The van der Waals surface area contributed by atoms with E-state index < -0.39 is 0 Å². The quantitative estimate of drug-likeness (QED) is 0.194. The monoisotopic (exact) mass is 1120 g/mol. The molecule has 0 heterocycles. The largest absolute Gasteiger partial charge is 0.390 e. The van der Waals surface area contributed by atoms with Crippen LogP contribution in [0.3, 0.4) is 0 Å². The normalized spacial score (nSPS) is 14.5. The van der Waals surface area contributed by atoms with Crippen molar-refractivity contribution in [1.82, 2.24) is 0 Å². The van der Waals surface area contributed by atoms with E-state index in [0.717, 1.165) is 24.5 Å². The highest BCUT2D eigenvalue weighted by molar-refractivity contribution is 5.87. The van der Waals surface area contributed by atoms with E-state index in [1.807, 2.05) is 122 Å². The van der Waals surface area contributed by atoms with Gasteiger partial charge in [-0.15, -0.1) is 0 Å². The number of hydrogen-bond donors (Lipinski definition) is 0. The molecule has 79 heavy (non-hydrogen) atoms. The predicted molar refractivity (Wildman–Crippen MR) is 361 cm³/mol. The van der Waals surface area contributed by atoms with E-state index in [4.69, 9.17) is 19.4 Å². The van der Waals surface area contributed by atoms with Gasteiger partial charge in [-0.1, -0.05) is 208 Å². The Morgan fingerprint density at radius 1 is 0.278 bits per heavy atom. The second-order valence-corrected chi connectivity index (χ2v) is 35.8. The summed E-state index contributed by atoms with van der Waals surface area (Å²) in [5.41, 5.74) is 4.33. The molecule has 0 aliphatic heterocycles. The first-order valence-corrected chi connectivity index (χ1v) is 29.2. The van der Waals surface area contributed by atoms with Gasteiger partial charge in [0.25, 0.3) is 0 Å². The third kappa shape index (κ3) is 97.5. The van der Waals surface area contributed by atoms with Gasteiger partial charge in [0.15, 0.2) is 0 Å². The van der Waals surface area contributed by atoms with Crippen LogP contribution in [0.1, 0.15) is 312 Å². The van der Waals surface area contributed by atoms with Crippen LogP contribution in [0.2, 0.25) is 0 Å². The molecule has 0 aliphatic carbocycles. The van der Waals surface area contributed by atoms with Crippen molar-refractivity contribution in [3.63, 3.8) is 0 Å². The Bertz CT molecular complexity index is 1600. The third-order valence-corrected chi connectivity index (χ3v) is 8.29. The fraction of sp³-hybridized carbons (Fsp3) is 0.897. The molecule has 0 aromatic heterocycles. The molecule has 0 radical (unpaired) electrons. The van der Waals surface area contributed by atoms with Crippen LogP contribution in [-0.2, 0) is 19.4 Å². The van der Waals surface area contributed by atoms with E-state index in [0.29, 0.717) is 10.8 Å². The van der Waals surface area contributed by atoms with E-state index in [9.17, 15) is 0 Å². The molecule has 11 heteroatoms. The topological polar surface area (TPSA) is 123 Å². The molecule has 0 saturated heterocycles. The van der Waals surface area contributed by atoms with Crippen molar-refractivity contribution in [2.75, 3.05) is 13.1 Å². The molecular weight excluding hydrogens is 979 g/mol. The summed E-state index contributed by atoms with van der Waals surface area (Å²) in [6.45, 7) is 96.2. The standard InChI is InChI=1S/2C10H21NO.3C10H21N.2C9H19NO/c2*1-8(9(2,3)4)11-12-10(5,6)7;2*1-9(2,3)7-11-8-10(4,5)6;1-8(9(2,3)4)11-10(5,6)7;2*1-8(2,3)7-10-11-9(4,5)6/h2*1-7H3;2*7H,8H2,1-6H3;1-7H3;2*7H,1-6H3/b2*11-8+;;;;2*10-7+. The molecular formula is C68H143N7O4. The number of rotatable bonds is 6. The van der Waals surface area contributed by atoms with Crippen molar-refractivity contribution in [3.05, 3.63) is 0 Å². The minimum Gasteiger partial charge on any atom is -0.390 e. The molecule has 0 atom stereocenters. The molecule has 0 aliphatic rings. The van der Waals surface area contributed by atoms with Gasteiger partial charge in [0.2, 0.25) is 0 Å². The summed E-state index contributed by atoms with van der Waals surface area (Å²) in [6.07, 6.45) is 7.72. The molecule has 0 bridgehead atoms. The van der Waals surface area contributed by atoms with E-state index >= 15 is 0 Å². The smallest absolute Gasteiger partial charge is 0.129 e. The first kappa shape index (κ1) is 89.7. The van der Waals surface area contributed by atoms with Crippen molar-refractivity contribution in [3.8, 4) is 0 Å². The van der Waals surface area contributed by atoms with Crippen LogP contribution in [0.5, 0.6) is 0 Å². The van der Waals surface area contributed by atoms with Gasteiger partial charge in [-0.25, -0.2) is 0 Å². The molecule has 0 N–H and O–H groups in total. The first-order valence-electron chi connectivity index (χ1n) is 29.2. The van der Waals surface area contributed by atoms with Gasteiger partial charge in [0, 0.05) is 65.3 Å². The Morgan fingerprint density at radius 2 is 0.481 bits per heavy atom. The van der Waals surface area contributed by atoms with Gasteiger partial charge in [-0.2, -0.15) is 0 Å². The Hall–Kier alpha value is -3.11. The highest BCUT2D eigenvalue weighted by Gasteiger charge is 2.20. The molecule has 0 aromatic carbocycles. The molecule has 0 aromatic rings. The van der Waals surface area contributed by atoms with Crippen LogP contribution in [0.4, 0.5) is 0 Å². The van der Waals surface area contributed by atoms with E-state index in [1.54, 1.807) is 0 Å². The summed E-state index contributed by atoms with van der Waals surface area (Å²) in [6, 6.07) is 0. The molecule has 474 valence electrons. The van der Waals surface area contributed by atoms with Crippen LogP contribution < -0.4 is 0 Å². The van der Waals surface area contributed by atoms with Gasteiger partial charge in [-0.05, 0) is 152 Å².